The van der Waals surface area contributed by atoms with Gasteiger partial charge in [-0.1, -0.05) is 18.2 Å². The Morgan fingerprint density at radius 1 is 0.923 bits per heavy atom. The molecule has 144 valence electrons. The van der Waals surface area contributed by atoms with Gasteiger partial charge in [0, 0.05) is 6.54 Å². The van der Waals surface area contributed by atoms with E-state index in [1.165, 1.54) is 12.1 Å². The summed E-state index contributed by atoms with van der Waals surface area (Å²) in [4.78, 5) is 0.197. The third-order valence-electron chi connectivity index (χ3n) is 2.86. The van der Waals surface area contributed by atoms with Crippen molar-refractivity contribution in [2.75, 3.05) is 27.2 Å². The molecule has 0 aliphatic rings. The van der Waals surface area contributed by atoms with Gasteiger partial charge in [0.15, 0.2) is 0 Å². The fraction of sp³-hybridized carbons (Fsp3) is 0.294. The summed E-state index contributed by atoms with van der Waals surface area (Å²) < 4.78 is 26.5. The Bertz CT molecular complexity index is 738. The number of nitrogens with two attached hydrogens (primary N) is 1. The molecule has 0 aliphatic heterocycles. The maximum atomic E-state index is 12.0. The highest BCUT2D eigenvalue weighted by Crippen LogP contribution is 2.19. The number of azo groups is 1. The molecule has 2 rings (SSSR count). The molecule has 0 heterocycles. The lowest BCUT2D eigenvalue weighted by Gasteiger charge is -2.05. The Morgan fingerprint density at radius 3 is 1.92 bits per heavy atom. The van der Waals surface area contributed by atoms with Crippen molar-refractivity contribution in [2.45, 2.75) is 11.3 Å². The van der Waals surface area contributed by atoms with E-state index in [2.05, 4.69) is 20.3 Å². The molecule has 0 aliphatic carbocycles. The van der Waals surface area contributed by atoms with Gasteiger partial charge >= 0.3 is 0 Å². The van der Waals surface area contributed by atoms with Crippen molar-refractivity contribution in [2.24, 2.45) is 16.0 Å². The Morgan fingerprint density at radius 2 is 1.42 bits per heavy atom. The molecular weight excluding hydrogens is 374 g/mol. The second-order valence-corrected chi connectivity index (χ2v) is 6.84. The molecular formula is C17H26ClN5O2S. The van der Waals surface area contributed by atoms with Crippen LogP contribution >= 0.6 is 12.4 Å². The monoisotopic (exact) mass is 399 g/mol. The second-order valence-electron chi connectivity index (χ2n) is 5.07. The standard InChI is InChI=1S/C15H18N4O2S.C2H7N.ClH/c16-11-4-12-17-22(20,21)15-9-7-14(8-10-15)19-18-13-5-2-1-3-6-13;1-3-2;/h1-3,5-10,17H,4,11-12,16H2;3H,1-2H3;1H. The summed E-state index contributed by atoms with van der Waals surface area (Å²) in [5.41, 5.74) is 6.67. The molecule has 0 radical (unpaired) electrons. The first kappa shape index (κ1) is 24.2. The minimum absolute atomic E-state index is 0. The molecule has 4 N–H and O–H groups in total. The molecule has 0 unspecified atom stereocenters. The van der Waals surface area contributed by atoms with Crippen molar-refractivity contribution in [3.8, 4) is 0 Å². The van der Waals surface area contributed by atoms with Gasteiger partial charge in [-0.2, -0.15) is 10.2 Å². The molecule has 0 aromatic heterocycles. The number of benzene rings is 2. The lowest BCUT2D eigenvalue weighted by atomic mass is 10.3. The summed E-state index contributed by atoms with van der Waals surface area (Å²) in [7, 11) is 0.256. The van der Waals surface area contributed by atoms with Crippen LogP contribution in [0.1, 0.15) is 6.42 Å². The lowest BCUT2D eigenvalue weighted by molar-refractivity contribution is 0.579. The van der Waals surface area contributed by atoms with Crippen LogP contribution < -0.4 is 15.8 Å². The van der Waals surface area contributed by atoms with Gasteiger partial charge in [0.05, 0.1) is 16.3 Å². The van der Waals surface area contributed by atoms with E-state index in [-0.39, 0.29) is 17.3 Å². The highest BCUT2D eigenvalue weighted by Gasteiger charge is 2.12. The number of hydrogen-bond donors (Lipinski definition) is 3. The highest BCUT2D eigenvalue weighted by molar-refractivity contribution is 7.89. The van der Waals surface area contributed by atoms with Crippen LogP contribution in [-0.2, 0) is 10.0 Å². The van der Waals surface area contributed by atoms with Gasteiger partial charge < -0.3 is 11.1 Å². The third-order valence-corrected chi connectivity index (χ3v) is 4.33. The van der Waals surface area contributed by atoms with E-state index in [1.54, 1.807) is 12.1 Å². The molecule has 0 amide bonds. The molecule has 7 nitrogen and oxygen atoms in total. The smallest absolute Gasteiger partial charge is 0.240 e. The van der Waals surface area contributed by atoms with Gasteiger partial charge in [0.1, 0.15) is 0 Å². The number of sulfonamides is 1. The van der Waals surface area contributed by atoms with E-state index in [9.17, 15) is 8.42 Å². The van der Waals surface area contributed by atoms with Crippen molar-refractivity contribution >= 4 is 33.8 Å². The second kappa shape index (κ2) is 13.4. The molecule has 0 fully saturated rings. The van der Waals surface area contributed by atoms with E-state index < -0.39 is 10.0 Å². The van der Waals surface area contributed by atoms with E-state index in [0.29, 0.717) is 25.2 Å². The topological polar surface area (TPSA) is 109 Å². The van der Waals surface area contributed by atoms with Crippen LogP contribution in [0.2, 0.25) is 0 Å². The van der Waals surface area contributed by atoms with E-state index in [0.717, 1.165) is 5.69 Å². The normalized spacial score (nSPS) is 10.7. The summed E-state index contributed by atoms with van der Waals surface area (Å²) in [6.07, 6.45) is 0.600. The molecule has 0 atom stereocenters. The Hall–Kier alpha value is -1.84. The van der Waals surface area contributed by atoms with Crippen molar-refractivity contribution in [1.82, 2.24) is 10.0 Å². The Kier molecular flexibility index (Phi) is 12.4. The quantitative estimate of drug-likeness (QED) is 0.491. The summed E-state index contributed by atoms with van der Waals surface area (Å²) in [5.74, 6) is 0. The Labute approximate surface area is 161 Å². The van der Waals surface area contributed by atoms with E-state index in [4.69, 9.17) is 5.73 Å². The minimum Gasteiger partial charge on any atom is -0.330 e. The molecule has 2 aromatic carbocycles. The van der Waals surface area contributed by atoms with Crippen molar-refractivity contribution in [1.29, 1.82) is 0 Å². The number of nitrogens with zero attached hydrogens (tertiary/aromatic N) is 2. The third kappa shape index (κ3) is 9.02. The van der Waals surface area contributed by atoms with Gasteiger partial charge in [-0.25, -0.2) is 13.1 Å². The average molecular weight is 400 g/mol. The Balaban J connectivity index is 0.00000146. The zero-order chi connectivity index (χ0) is 18.5. The van der Waals surface area contributed by atoms with Crippen molar-refractivity contribution in [3.05, 3.63) is 54.6 Å². The first-order valence-corrected chi connectivity index (χ1v) is 9.37. The predicted molar refractivity (Wildman–Crippen MR) is 108 cm³/mol. The summed E-state index contributed by atoms with van der Waals surface area (Å²) in [6, 6.07) is 15.6. The van der Waals surface area contributed by atoms with Crippen LogP contribution in [0.15, 0.2) is 69.7 Å². The largest absolute Gasteiger partial charge is 0.330 e. The van der Waals surface area contributed by atoms with Crippen LogP contribution in [-0.4, -0.2) is 35.6 Å². The SMILES string of the molecule is CNC.Cl.NCCCNS(=O)(=O)c1ccc(N=Nc2ccccc2)cc1. The van der Waals surface area contributed by atoms with Gasteiger partial charge in [0.2, 0.25) is 10.0 Å². The molecule has 2 aromatic rings. The molecule has 0 spiro atoms. The predicted octanol–water partition coefficient (Wildman–Crippen LogP) is 2.99. The minimum atomic E-state index is -3.49. The zero-order valence-electron chi connectivity index (χ0n) is 14.9. The first-order valence-electron chi connectivity index (χ1n) is 7.88. The fourth-order valence-electron chi connectivity index (χ4n) is 1.69. The van der Waals surface area contributed by atoms with Crippen LogP contribution in [0.5, 0.6) is 0 Å². The van der Waals surface area contributed by atoms with E-state index >= 15 is 0 Å². The summed E-state index contributed by atoms with van der Waals surface area (Å²) in [5, 5.41) is 10.9. The average Bonchev–Trinajstić information content (AvgIpc) is 2.62. The highest BCUT2D eigenvalue weighted by atomic mass is 35.5. The van der Waals surface area contributed by atoms with Crippen LogP contribution in [0, 0.1) is 0 Å². The fourth-order valence-corrected chi connectivity index (χ4v) is 2.77. The van der Waals surface area contributed by atoms with Crippen LogP contribution in [0.3, 0.4) is 0 Å². The number of hydrogen-bond acceptors (Lipinski definition) is 6. The maximum absolute atomic E-state index is 12.0. The van der Waals surface area contributed by atoms with Gasteiger partial charge in [0.25, 0.3) is 0 Å². The number of rotatable bonds is 7. The molecule has 9 heteroatoms. The lowest BCUT2D eigenvalue weighted by Crippen LogP contribution is -2.26. The first-order chi connectivity index (χ1) is 12.0. The molecule has 0 saturated heterocycles. The van der Waals surface area contributed by atoms with Crippen molar-refractivity contribution in [3.63, 3.8) is 0 Å². The van der Waals surface area contributed by atoms with E-state index in [1.807, 2.05) is 44.4 Å². The molecule has 26 heavy (non-hydrogen) atoms. The van der Waals surface area contributed by atoms with Gasteiger partial charge in [-0.05, 0) is 63.5 Å². The summed E-state index contributed by atoms with van der Waals surface area (Å²) in [6.45, 7) is 0.773. The maximum Gasteiger partial charge on any atom is 0.240 e. The van der Waals surface area contributed by atoms with Gasteiger partial charge in [-0.15, -0.1) is 12.4 Å². The number of halogens is 1. The molecule has 0 saturated carbocycles. The van der Waals surface area contributed by atoms with Crippen LogP contribution in [0.25, 0.3) is 0 Å². The van der Waals surface area contributed by atoms with Crippen LogP contribution in [0.4, 0.5) is 11.4 Å². The van der Waals surface area contributed by atoms with Crippen molar-refractivity contribution < 1.29 is 8.42 Å². The number of nitrogens with one attached hydrogen (secondary N) is 2. The van der Waals surface area contributed by atoms with Gasteiger partial charge in [-0.3, -0.25) is 0 Å². The molecule has 0 bridgehead atoms. The zero-order valence-corrected chi connectivity index (χ0v) is 16.6. The summed E-state index contributed by atoms with van der Waals surface area (Å²) >= 11 is 0.